The summed E-state index contributed by atoms with van der Waals surface area (Å²) >= 11 is 1.03. The molecule has 1 aromatic heterocycles. The standard InChI is InChI=1S/C20H18N4O4S/c1-2-28-18(26)16-13-29-20(23-22-17(25)14-9-5-3-6-10-14)24(16)19(27)21-15-11-7-4-8-12-15/h3-13H,2H2,1H3,(H,21,27)(H,22,25)/b23-20-. The molecule has 9 heteroatoms. The van der Waals surface area contributed by atoms with Gasteiger partial charge in [-0.15, -0.1) is 16.4 Å². The normalized spacial score (nSPS) is 11.0. The van der Waals surface area contributed by atoms with Gasteiger partial charge in [0.25, 0.3) is 5.91 Å². The topological polar surface area (TPSA) is 102 Å². The molecule has 0 aliphatic carbocycles. The van der Waals surface area contributed by atoms with Crippen LogP contribution in [0.4, 0.5) is 10.5 Å². The van der Waals surface area contributed by atoms with Crippen LogP contribution in [-0.4, -0.2) is 29.1 Å². The van der Waals surface area contributed by atoms with Gasteiger partial charge in [0.05, 0.1) is 6.61 Å². The minimum Gasteiger partial charge on any atom is -0.461 e. The number of nitrogens with zero attached hydrogens (tertiary/aromatic N) is 2. The number of anilines is 1. The summed E-state index contributed by atoms with van der Waals surface area (Å²) < 4.78 is 6.09. The van der Waals surface area contributed by atoms with E-state index in [1.165, 1.54) is 5.38 Å². The Labute approximate surface area is 170 Å². The van der Waals surface area contributed by atoms with Crippen LogP contribution in [0, 0.1) is 0 Å². The molecule has 0 unspecified atom stereocenters. The van der Waals surface area contributed by atoms with Crippen LogP contribution >= 0.6 is 11.3 Å². The van der Waals surface area contributed by atoms with Crippen molar-refractivity contribution < 1.29 is 19.1 Å². The second kappa shape index (κ2) is 9.47. The Balaban J connectivity index is 1.93. The molecule has 3 rings (SSSR count). The zero-order chi connectivity index (χ0) is 20.6. The Morgan fingerprint density at radius 1 is 1.03 bits per heavy atom. The number of amides is 2. The predicted molar refractivity (Wildman–Crippen MR) is 109 cm³/mol. The van der Waals surface area contributed by atoms with Gasteiger partial charge in [-0.2, -0.15) is 0 Å². The van der Waals surface area contributed by atoms with Crippen LogP contribution in [0.1, 0.15) is 27.8 Å². The van der Waals surface area contributed by atoms with E-state index in [0.29, 0.717) is 11.3 Å². The first-order valence-electron chi connectivity index (χ1n) is 8.73. The van der Waals surface area contributed by atoms with Gasteiger partial charge in [-0.05, 0) is 31.2 Å². The molecule has 0 saturated heterocycles. The second-order valence-corrected chi connectivity index (χ2v) is 6.51. The van der Waals surface area contributed by atoms with E-state index in [9.17, 15) is 14.4 Å². The van der Waals surface area contributed by atoms with Crippen molar-refractivity contribution in [1.82, 2.24) is 9.99 Å². The van der Waals surface area contributed by atoms with Gasteiger partial charge < -0.3 is 10.1 Å². The molecule has 2 amide bonds. The van der Waals surface area contributed by atoms with E-state index in [0.717, 1.165) is 15.9 Å². The summed E-state index contributed by atoms with van der Waals surface area (Å²) in [6.07, 6.45) is 0. The largest absolute Gasteiger partial charge is 0.461 e. The van der Waals surface area contributed by atoms with Crippen LogP contribution in [0.25, 0.3) is 0 Å². The smallest absolute Gasteiger partial charge is 0.356 e. The number of hydrogen-bond donors (Lipinski definition) is 2. The van der Waals surface area contributed by atoms with Crippen molar-refractivity contribution in [2.24, 2.45) is 5.10 Å². The number of aromatic nitrogens is 1. The Kier molecular flexibility index (Phi) is 6.54. The molecule has 8 nitrogen and oxygen atoms in total. The summed E-state index contributed by atoms with van der Waals surface area (Å²) in [6.45, 7) is 1.83. The number of para-hydroxylation sites is 1. The molecule has 0 atom stereocenters. The van der Waals surface area contributed by atoms with Gasteiger partial charge in [0.15, 0.2) is 0 Å². The summed E-state index contributed by atoms with van der Waals surface area (Å²) in [5.41, 5.74) is 3.38. The highest BCUT2D eigenvalue weighted by molar-refractivity contribution is 7.07. The first-order chi connectivity index (χ1) is 14.1. The van der Waals surface area contributed by atoms with Crippen LogP contribution in [0.5, 0.6) is 0 Å². The fourth-order valence-corrected chi connectivity index (χ4v) is 3.19. The number of benzene rings is 2. The molecule has 29 heavy (non-hydrogen) atoms. The molecule has 0 aliphatic rings. The third kappa shape index (κ3) is 4.96. The first kappa shape index (κ1) is 20.0. The quantitative estimate of drug-likeness (QED) is 0.499. The number of rotatable bonds is 5. The highest BCUT2D eigenvalue weighted by Gasteiger charge is 2.20. The molecule has 148 valence electrons. The highest BCUT2D eigenvalue weighted by atomic mass is 32.1. The lowest BCUT2D eigenvalue weighted by Crippen LogP contribution is -2.33. The molecule has 0 fully saturated rings. The average Bonchev–Trinajstić information content (AvgIpc) is 3.18. The Bertz CT molecular complexity index is 1070. The lowest BCUT2D eigenvalue weighted by atomic mass is 10.2. The number of carbonyl (C=O) groups excluding carboxylic acids is 3. The van der Waals surface area contributed by atoms with Crippen LogP contribution in [0.15, 0.2) is 71.1 Å². The van der Waals surface area contributed by atoms with E-state index in [1.54, 1.807) is 61.5 Å². The fourth-order valence-electron chi connectivity index (χ4n) is 2.39. The number of carbonyl (C=O) groups is 3. The molecule has 2 N–H and O–H groups in total. The van der Waals surface area contributed by atoms with Crippen molar-refractivity contribution in [3.63, 3.8) is 0 Å². The van der Waals surface area contributed by atoms with Crippen LogP contribution in [0.2, 0.25) is 0 Å². The molecular formula is C20H18N4O4S. The van der Waals surface area contributed by atoms with Gasteiger partial charge >= 0.3 is 12.0 Å². The fraction of sp³-hybridized carbons (Fsp3) is 0.100. The zero-order valence-electron chi connectivity index (χ0n) is 15.5. The summed E-state index contributed by atoms with van der Waals surface area (Å²) in [5.74, 6) is -1.10. The maximum atomic E-state index is 12.8. The predicted octanol–water partition coefficient (Wildman–Crippen LogP) is 3.05. The molecule has 3 aromatic rings. The van der Waals surface area contributed by atoms with Crippen molar-refractivity contribution in [1.29, 1.82) is 0 Å². The van der Waals surface area contributed by atoms with Crippen LogP contribution in [0.3, 0.4) is 0 Å². The monoisotopic (exact) mass is 410 g/mol. The van der Waals surface area contributed by atoms with Gasteiger partial charge in [0.1, 0.15) is 5.69 Å². The summed E-state index contributed by atoms with van der Waals surface area (Å²) in [7, 11) is 0. The van der Waals surface area contributed by atoms with Crippen molar-refractivity contribution in [2.75, 3.05) is 11.9 Å². The molecule has 0 aliphatic heterocycles. The maximum Gasteiger partial charge on any atom is 0.356 e. The molecule has 0 spiro atoms. The van der Waals surface area contributed by atoms with Gasteiger partial charge in [-0.1, -0.05) is 36.4 Å². The number of ether oxygens (including phenoxy) is 1. The third-order valence-electron chi connectivity index (χ3n) is 3.71. The van der Waals surface area contributed by atoms with E-state index in [1.807, 2.05) is 6.07 Å². The average molecular weight is 410 g/mol. The Morgan fingerprint density at radius 3 is 2.34 bits per heavy atom. The maximum absolute atomic E-state index is 12.8. The van der Waals surface area contributed by atoms with Crippen LogP contribution < -0.4 is 15.5 Å². The van der Waals surface area contributed by atoms with E-state index >= 15 is 0 Å². The Hall–Kier alpha value is -3.72. The number of hydrogen-bond acceptors (Lipinski definition) is 6. The van der Waals surface area contributed by atoms with Gasteiger partial charge in [0, 0.05) is 16.6 Å². The van der Waals surface area contributed by atoms with E-state index in [4.69, 9.17) is 4.74 Å². The van der Waals surface area contributed by atoms with Crippen molar-refractivity contribution >= 4 is 34.9 Å². The van der Waals surface area contributed by atoms with Crippen molar-refractivity contribution in [2.45, 2.75) is 6.92 Å². The summed E-state index contributed by atoms with van der Waals surface area (Å²) in [4.78, 5) is 37.4. The molecule has 0 bridgehead atoms. The molecule has 0 radical (unpaired) electrons. The lowest BCUT2D eigenvalue weighted by molar-refractivity contribution is 0.0515. The summed E-state index contributed by atoms with van der Waals surface area (Å²) in [5, 5.41) is 8.17. The van der Waals surface area contributed by atoms with Crippen molar-refractivity contribution in [3.8, 4) is 0 Å². The van der Waals surface area contributed by atoms with Gasteiger partial charge in [-0.25, -0.2) is 19.6 Å². The highest BCUT2D eigenvalue weighted by Crippen LogP contribution is 2.09. The molecular weight excluding hydrogens is 392 g/mol. The number of thiazole rings is 1. The minimum absolute atomic E-state index is 0.0120. The molecule has 0 saturated carbocycles. The third-order valence-corrected chi connectivity index (χ3v) is 4.54. The minimum atomic E-state index is -0.664. The van der Waals surface area contributed by atoms with E-state index in [2.05, 4.69) is 15.8 Å². The van der Waals surface area contributed by atoms with Gasteiger partial charge in [-0.3, -0.25) is 4.79 Å². The van der Waals surface area contributed by atoms with Crippen molar-refractivity contribution in [3.05, 3.63) is 82.1 Å². The van der Waals surface area contributed by atoms with E-state index in [-0.39, 0.29) is 17.1 Å². The van der Waals surface area contributed by atoms with Crippen LogP contribution in [-0.2, 0) is 4.74 Å². The lowest BCUT2D eigenvalue weighted by Gasteiger charge is -2.09. The van der Waals surface area contributed by atoms with Gasteiger partial charge in [0.2, 0.25) is 4.80 Å². The second-order valence-electron chi connectivity index (χ2n) is 5.67. The molecule has 2 aromatic carbocycles. The number of nitrogens with one attached hydrogen (secondary N) is 2. The Morgan fingerprint density at radius 2 is 1.69 bits per heavy atom. The summed E-state index contributed by atoms with van der Waals surface area (Å²) in [6, 6.07) is 16.7. The van der Waals surface area contributed by atoms with E-state index < -0.39 is 17.9 Å². The molecule has 1 heterocycles. The zero-order valence-corrected chi connectivity index (χ0v) is 16.3. The SMILES string of the molecule is CCOC(=O)c1cs/c(=N\NC(=O)c2ccccc2)n1C(=O)Nc1ccccc1. The number of esters is 1. The first-order valence-corrected chi connectivity index (χ1v) is 9.61.